The molecule has 0 spiro atoms. The molecule has 1 atom stereocenters. The Bertz CT molecular complexity index is 446. The summed E-state index contributed by atoms with van der Waals surface area (Å²) in [4.78, 5) is 2.49. The Hall–Kier alpha value is -1.26. The van der Waals surface area contributed by atoms with E-state index in [4.69, 9.17) is 15.2 Å². The lowest BCUT2D eigenvalue weighted by Crippen LogP contribution is -2.34. The van der Waals surface area contributed by atoms with E-state index in [1.807, 2.05) is 18.2 Å². The first-order valence-corrected chi connectivity index (χ1v) is 7.87. The Morgan fingerprint density at radius 3 is 2.62 bits per heavy atom. The molecule has 0 bridgehead atoms. The maximum atomic E-state index is 6.45. The lowest BCUT2D eigenvalue weighted by molar-refractivity contribution is 0.246. The highest BCUT2D eigenvalue weighted by Crippen LogP contribution is 2.32. The van der Waals surface area contributed by atoms with Crippen LogP contribution in [0.1, 0.15) is 37.8 Å². The molecule has 118 valence electrons. The van der Waals surface area contributed by atoms with Gasteiger partial charge in [0.1, 0.15) is 11.5 Å². The van der Waals surface area contributed by atoms with Gasteiger partial charge >= 0.3 is 0 Å². The number of rotatable bonds is 9. The van der Waals surface area contributed by atoms with E-state index >= 15 is 0 Å². The molecule has 1 unspecified atom stereocenters. The summed E-state index contributed by atoms with van der Waals surface area (Å²) in [6, 6.07) is 5.77. The molecule has 0 aromatic heterocycles. The van der Waals surface area contributed by atoms with Crippen molar-refractivity contribution in [3.05, 3.63) is 23.8 Å². The Morgan fingerprint density at radius 1 is 1.29 bits per heavy atom. The minimum atomic E-state index is -0.0552. The normalized spacial score (nSPS) is 16.0. The van der Waals surface area contributed by atoms with Crippen molar-refractivity contribution in [2.75, 3.05) is 33.9 Å². The second-order valence-electron chi connectivity index (χ2n) is 5.92. The largest absolute Gasteiger partial charge is 0.497 e. The van der Waals surface area contributed by atoms with Crippen LogP contribution < -0.4 is 15.2 Å². The van der Waals surface area contributed by atoms with Crippen LogP contribution in [0.4, 0.5) is 0 Å². The van der Waals surface area contributed by atoms with Gasteiger partial charge in [-0.05, 0) is 49.9 Å². The summed E-state index contributed by atoms with van der Waals surface area (Å²) in [6.07, 6.45) is 3.91. The topological polar surface area (TPSA) is 47.7 Å². The van der Waals surface area contributed by atoms with Gasteiger partial charge in [-0.1, -0.05) is 6.92 Å². The van der Waals surface area contributed by atoms with Crippen LogP contribution >= 0.6 is 0 Å². The minimum Gasteiger partial charge on any atom is -0.497 e. The van der Waals surface area contributed by atoms with Gasteiger partial charge in [0.05, 0.1) is 14.2 Å². The van der Waals surface area contributed by atoms with Gasteiger partial charge in [-0.25, -0.2) is 0 Å². The molecule has 1 aliphatic rings. The van der Waals surface area contributed by atoms with Gasteiger partial charge in [0.15, 0.2) is 0 Å². The van der Waals surface area contributed by atoms with Crippen LogP contribution in [-0.4, -0.2) is 38.8 Å². The van der Waals surface area contributed by atoms with Gasteiger partial charge in [0.2, 0.25) is 0 Å². The first-order chi connectivity index (χ1) is 10.2. The molecule has 1 fully saturated rings. The molecular formula is C17H28N2O2. The molecule has 21 heavy (non-hydrogen) atoms. The molecule has 1 aromatic carbocycles. The Kier molecular flexibility index (Phi) is 5.88. The van der Waals surface area contributed by atoms with E-state index in [2.05, 4.69) is 11.8 Å². The molecule has 1 aliphatic carbocycles. The van der Waals surface area contributed by atoms with E-state index in [1.165, 1.54) is 19.4 Å². The first-order valence-electron chi connectivity index (χ1n) is 7.87. The van der Waals surface area contributed by atoms with Gasteiger partial charge in [0.25, 0.3) is 0 Å². The summed E-state index contributed by atoms with van der Waals surface area (Å²) < 4.78 is 10.8. The zero-order valence-electron chi connectivity index (χ0n) is 13.5. The van der Waals surface area contributed by atoms with Crippen molar-refractivity contribution >= 4 is 0 Å². The second-order valence-corrected chi connectivity index (χ2v) is 5.92. The monoisotopic (exact) mass is 292 g/mol. The highest BCUT2D eigenvalue weighted by molar-refractivity contribution is 5.42. The summed E-state index contributed by atoms with van der Waals surface area (Å²) >= 11 is 0. The predicted octanol–water partition coefficient (Wildman–Crippen LogP) is 2.83. The van der Waals surface area contributed by atoms with Gasteiger partial charge in [0, 0.05) is 24.7 Å². The third-order valence-electron chi connectivity index (χ3n) is 4.04. The number of benzene rings is 1. The van der Waals surface area contributed by atoms with E-state index < -0.39 is 0 Å². The number of nitrogens with zero attached hydrogens (tertiary/aromatic N) is 1. The standard InChI is InChI=1S/C17H28N2O2/c1-4-9-19(11-13-5-6-13)12-16(18)15-10-14(20-2)7-8-17(15)21-3/h7-8,10,13,16H,4-6,9,11-12,18H2,1-3H3. The molecule has 2 N–H and O–H groups in total. The number of methoxy groups -OCH3 is 2. The van der Waals surface area contributed by atoms with Gasteiger partial charge < -0.3 is 20.1 Å². The number of nitrogens with two attached hydrogens (primary N) is 1. The Balaban J connectivity index is 2.07. The molecule has 0 heterocycles. The third kappa shape index (κ3) is 4.61. The molecule has 1 saturated carbocycles. The average molecular weight is 292 g/mol. The molecular weight excluding hydrogens is 264 g/mol. The van der Waals surface area contributed by atoms with Crippen LogP contribution in [-0.2, 0) is 0 Å². The molecule has 0 aliphatic heterocycles. The second kappa shape index (κ2) is 7.66. The maximum absolute atomic E-state index is 6.45. The minimum absolute atomic E-state index is 0.0552. The van der Waals surface area contributed by atoms with E-state index in [0.717, 1.165) is 42.5 Å². The molecule has 0 amide bonds. The van der Waals surface area contributed by atoms with Crippen LogP contribution in [0.5, 0.6) is 11.5 Å². The predicted molar refractivity (Wildman–Crippen MR) is 85.9 cm³/mol. The third-order valence-corrected chi connectivity index (χ3v) is 4.04. The lowest BCUT2D eigenvalue weighted by Gasteiger charge is -2.26. The molecule has 0 saturated heterocycles. The van der Waals surface area contributed by atoms with Crippen LogP contribution in [0.25, 0.3) is 0 Å². The van der Waals surface area contributed by atoms with Crippen LogP contribution in [0.3, 0.4) is 0 Å². The van der Waals surface area contributed by atoms with E-state index in [1.54, 1.807) is 14.2 Å². The summed E-state index contributed by atoms with van der Waals surface area (Å²) in [5.41, 5.74) is 7.47. The van der Waals surface area contributed by atoms with Crippen LogP contribution in [0.15, 0.2) is 18.2 Å². The smallest absolute Gasteiger partial charge is 0.123 e. The zero-order chi connectivity index (χ0) is 15.2. The van der Waals surface area contributed by atoms with Crippen molar-refractivity contribution in [3.8, 4) is 11.5 Å². The van der Waals surface area contributed by atoms with Gasteiger partial charge in [-0.3, -0.25) is 0 Å². The van der Waals surface area contributed by atoms with Gasteiger partial charge in [-0.15, -0.1) is 0 Å². The molecule has 1 aromatic rings. The SMILES string of the molecule is CCCN(CC1CC1)CC(N)c1cc(OC)ccc1OC. The van der Waals surface area contributed by atoms with Crippen LogP contribution in [0.2, 0.25) is 0 Å². The summed E-state index contributed by atoms with van der Waals surface area (Å²) in [5, 5.41) is 0. The lowest BCUT2D eigenvalue weighted by atomic mass is 10.0. The maximum Gasteiger partial charge on any atom is 0.123 e. The van der Waals surface area contributed by atoms with Crippen molar-refractivity contribution in [3.63, 3.8) is 0 Å². The number of ether oxygens (including phenoxy) is 2. The fourth-order valence-corrected chi connectivity index (χ4v) is 2.74. The molecule has 4 heteroatoms. The quantitative estimate of drug-likeness (QED) is 0.760. The van der Waals surface area contributed by atoms with Crippen molar-refractivity contribution in [2.24, 2.45) is 11.7 Å². The Labute approximate surface area is 128 Å². The van der Waals surface area contributed by atoms with Crippen molar-refractivity contribution in [1.29, 1.82) is 0 Å². The highest BCUT2D eigenvalue weighted by Gasteiger charge is 2.25. The fourth-order valence-electron chi connectivity index (χ4n) is 2.74. The summed E-state index contributed by atoms with van der Waals surface area (Å²) in [5.74, 6) is 2.55. The summed E-state index contributed by atoms with van der Waals surface area (Å²) in [7, 11) is 3.36. The molecule has 4 nitrogen and oxygen atoms in total. The van der Waals surface area contributed by atoms with Gasteiger partial charge in [-0.2, -0.15) is 0 Å². The van der Waals surface area contributed by atoms with Crippen molar-refractivity contribution < 1.29 is 9.47 Å². The number of hydrogen-bond acceptors (Lipinski definition) is 4. The van der Waals surface area contributed by atoms with E-state index in [0.29, 0.717) is 0 Å². The molecule has 2 rings (SSSR count). The highest BCUT2D eigenvalue weighted by atomic mass is 16.5. The average Bonchev–Trinajstić information content (AvgIpc) is 3.30. The zero-order valence-corrected chi connectivity index (χ0v) is 13.5. The van der Waals surface area contributed by atoms with Crippen LogP contribution in [0, 0.1) is 5.92 Å². The number of hydrogen-bond donors (Lipinski definition) is 1. The first kappa shape index (κ1) is 16.1. The molecule has 0 radical (unpaired) electrons. The fraction of sp³-hybridized carbons (Fsp3) is 0.647. The van der Waals surface area contributed by atoms with Crippen molar-refractivity contribution in [2.45, 2.75) is 32.2 Å². The van der Waals surface area contributed by atoms with Crippen molar-refractivity contribution in [1.82, 2.24) is 4.90 Å². The van der Waals surface area contributed by atoms with E-state index in [-0.39, 0.29) is 6.04 Å². The summed E-state index contributed by atoms with van der Waals surface area (Å²) in [6.45, 7) is 5.37. The Morgan fingerprint density at radius 2 is 2.05 bits per heavy atom. The van der Waals surface area contributed by atoms with E-state index in [9.17, 15) is 0 Å².